The van der Waals surface area contributed by atoms with Gasteiger partial charge < -0.3 is 15.0 Å². The highest BCUT2D eigenvalue weighted by molar-refractivity contribution is 14.0. The van der Waals surface area contributed by atoms with Crippen molar-refractivity contribution in [2.75, 3.05) is 32.8 Å². The van der Waals surface area contributed by atoms with E-state index in [-0.39, 0.29) is 24.0 Å². The highest BCUT2D eigenvalue weighted by Gasteiger charge is 2.23. The van der Waals surface area contributed by atoms with Crippen LogP contribution >= 0.6 is 24.0 Å². The Hall–Kier alpha value is -1.42. The number of nitrogens with zero attached hydrogens (tertiary/aromatic N) is 5. The summed E-state index contributed by atoms with van der Waals surface area (Å²) in [4.78, 5) is 7.24. The van der Waals surface area contributed by atoms with Gasteiger partial charge in [-0.25, -0.2) is 0 Å². The summed E-state index contributed by atoms with van der Waals surface area (Å²) in [5.74, 6) is 2.77. The van der Waals surface area contributed by atoms with Crippen molar-refractivity contribution in [2.45, 2.75) is 58.0 Å². The Bertz CT molecular complexity index is 796. The van der Waals surface area contributed by atoms with Crippen molar-refractivity contribution in [3.05, 3.63) is 30.2 Å². The number of fused-ring (bicyclic) bond motifs is 1. The van der Waals surface area contributed by atoms with Crippen molar-refractivity contribution in [3.63, 3.8) is 0 Å². The molecular weight excluding hydrogens is 491 g/mol. The lowest BCUT2D eigenvalue weighted by Crippen LogP contribution is -2.47. The van der Waals surface area contributed by atoms with Crippen LogP contribution < -0.4 is 5.32 Å². The minimum absolute atomic E-state index is 0. The molecular formula is C22H35IN6O. The molecule has 0 radical (unpaired) electrons. The molecule has 0 amide bonds. The third-order valence-electron chi connectivity index (χ3n) is 6.10. The molecule has 8 heteroatoms. The fraction of sp³-hybridized carbons (Fsp3) is 0.682. The summed E-state index contributed by atoms with van der Waals surface area (Å²) in [6.45, 7) is 6.69. The topological polar surface area (TPSA) is 67.0 Å². The van der Waals surface area contributed by atoms with Gasteiger partial charge >= 0.3 is 0 Å². The number of hydrogen-bond donors (Lipinski definition) is 1. The standard InChI is InChI=1S/C22H34N6O.HI/c1-2-23-22(24-13-10-21-26-25-20-9-5-6-14-28(20)21)27-15-11-19(12-16-27)29-17-18-7-3-4-8-18;/h5-6,9,14,18-19H,2-4,7-8,10-13,15-17H2,1H3,(H,23,24);1H. The first-order chi connectivity index (χ1) is 14.3. The van der Waals surface area contributed by atoms with E-state index < -0.39 is 0 Å². The van der Waals surface area contributed by atoms with Crippen LogP contribution in [0.5, 0.6) is 0 Å². The predicted molar refractivity (Wildman–Crippen MR) is 131 cm³/mol. The van der Waals surface area contributed by atoms with Crippen molar-refractivity contribution < 1.29 is 4.74 Å². The van der Waals surface area contributed by atoms with Gasteiger partial charge in [0.2, 0.25) is 0 Å². The molecule has 1 saturated heterocycles. The van der Waals surface area contributed by atoms with E-state index in [2.05, 4.69) is 27.3 Å². The number of ether oxygens (including phenoxy) is 1. The largest absolute Gasteiger partial charge is 0.378 e. The van der Waals surface area contributed by atoms with Crippen LogP contribution in [0.4, 0.5) is 0 Å². The van der Waals surface area contributed by atoms with Crippen molar-refractivity contribution in [2.24, 2.45) is 10.9 Å². The summed E-state index contributed by atoms with van der Waals surface area (Å²) in [6, 6.07) is 5.96. The lowest BCUT2D eigenvalue weighted by atomic mass is 10.1. The first-order valence-corrected chi connectivity index (χ1v) is 11.3. The van der Waals surface area contributed by atoms with Crippen LogP contribution in [0.25, 0.3) is 5.65 Å². The van der Waals surface area contributed by atoms with Crippen LogP contribution in [-0.2, 0) is 11.2 Å². The van der Waals surface area contributed by atoms with Crippen molar-refractivity contribution in [1.29, 1.82) is 0 Å². The van der Waals surface area contributed by atoms with E-state index in [0.29, 0.717) is 12.6 Å². The number of piperidine rings is 1. The van der Waals surface area contributed by atoms with Crippen LogP contribution in [0.3, 0.4) is 0 Å². The number of rotatable bonds is 7. The molecule has 7 nitrogen and oxygen atoms in total. The first-order valence-electron chi connectivity index (χ1n) is 11.3. The summed E-state index contributed by atoms with van der Waals surface area (Å²) < 4.78 is 8.26. The molecule has 2 aliphatic rings. The zero-order chi connectivity index (χ0) is 19.9. The number of hydrogen-bond acceptors (Lipinski definition) is 4. The van der Waals surface area contributed by atoms with Gasteiger partial charge in [0.15, 0.2) is 11.6 Å². The molecule has 1 aliphatic heterocycles. The Kier molecular flexibility index (Phi) is 9.17. The highest BCUT2D eigenvalue weighted by Crippen LogP contribution is 2.26. The van der Waals surface area contributed by atoms with E-state index in [1.54, 1.807) is 0 Å². The second kappa shape index (κ2) is 11.8. The summed E-state index contributed by atoms with van der Waals surface area (Å²) in [7, 11) is 0. The first kappa shape index (κ1) is 23.2. The van der Waals surface area contributed by atoms with E-state index >= 15 is 0 Å². The molecule has 166 valence electrons. The zero-order valence-corrected chi connectivity index (χ0v) is 20.3. The second-order valence-corrected chi connectivity index (χ2v) is 8.20. The molecule has 2 aromatic rings. The van der Waals surface area contributed by atoms with Gasteiger partial charge in [-0.1, -0.05) is 18.9 Å². The molecule has 1 aliphatic carbocycles. The third kappa shape index (κ3) is 6.06. The summed E-state index contributed by atoms with van der Waals surface area (Å²) in [5.41, 5.74) is 0.887. The molecule has 2 aromatic heterocycles. The van der Waals surface area contributed by atoms with Crippen LogP contribution in [0.1, 0.15) is 51.3 Å². The number of guanidine groups is 1. The van der Waals surface area contributed by atoms with Crippen LogP contribution in [0, 0.1) is 5.92 Å². The van der Waals surface area contributed by atoms with Crippen molar-refractivity contribution in [1.82, 2.24) is 24.8 Å². The van der Waals surface area contributed by atoms with E-state index in [1.165, 1.54) is 25.7 Å². The molecule has 30 heavy (non-hydrogen) atoms. The van der Waals surface area contributed by atoms with Gasteiger partial charge in [0, 0.05) is 45.4 Å². The number of pyridine rings is 1. The van der Waals surface area contributed by atoms with Gasteiger partial charge in [-0.15, -0.1) is 34.2 Å². The Labute approximate surface area is 196 Å². The minimum Gasteiger partial charge on any atom is -0.378 e. The van der Waals surface area contributed by atoms with Gasteiger partial charge in [-0.05, 0) is 50.7 Å². The Morgan fingerprint density at radius 1 is 1.17 bits per heavy atom. The monoisotopic (exact) mass is 526 g/mol. The van der Waals surface area contributed by atoms with E-state index in [0.717, 1.165) is 68.9 Å². The Balaban J connectivity index is 0.00000256. The fourth-order valence-electron chi connectivity index (χ4n) is 4.43. The van der Waals surface area contributed by atoms with Crippen LogP contribution in [0.15, 0.2) is 29.4 Å². The summed E-state index contributed by atoms with van der Waals surface area (Å²) in [6.07, 6.45) is 10.9. The third-order valence-corrected chi connectivity index (χ3v) is 6.10. The van der Waals surface area contributed by atoms with E-state index in [1.807, 2.05) is 28.8 Å². The molecule has 0 unspecified atom stereocenters. The Morgan fingerprint density at radius 2 is 1.97 bits per heavy atom. The molecule has 3 heterocycles. The van der Waals surface area contributed by atoms with Gasteiger partial charge in [-0.3, -0.25) is 9.39 Å². The maximum atomic E-state index is 6.22. The quantitative estimate of drug-likeness (QED) is 0.340. The fourth-order valence-corrected chi connectivity index (χ4v) is 4.43. The SMILES string of the molecule is CCNC(=NCCc1nnc2ccccn12)N1CCC(OCC2CCCC2)CC1.I. The van der Waals surface area contributed by atoms with E-state index in [9.17, 15) is 0 Å². The minimum atomic E-state index is 0. The smallest absolute Gasteiger partial charge is 0.193 e. The predicted octanol–water partition coefficient (Wildman–Crippen LogP) is 3.53. The molecule has 0 spiro atoms. The molecule has 1 N–H and O–H groups in total. The maximum Gasteiger partial charge on any atom is 0.193 e. The molecule has 0 bridgehead atoms. The molecule has 1 saturated carbocycles. The van der Waals surface area contributed by atoms with Gasteiger partial charge in [0.05, 0.1) is 6.10 Å². The van der Waals surface area contributed by atoms with Gasteiger partial charge in [-0.2, -0.15) is 0 Å². The lowest BCUT2D eigenvalue weighted by molar-refractivity contribution is 0.00102. The summed E-state index contributed by atoms with van der Waals surface area (Å²) in [5, 5.41) is 12.0. The normalized spacial score (nSPS) is 18.7. The number of aromatic nitrogens is 3. The van der Waals surface area contributed by atoms with Gasteiger partial charge in [0.25, 0.3) is 0 Å². The number of likely N-dealkylation sites (tertiary alicyclic amines) is 1. The maximum absolute atomic E-state index is 6.22. The van der Waals surface area contributed by atoms with E-state index in [4.69, 9.17) is 9.73 Å². The average molecular weight is 526 g/mol. The lowest BCUT2D eigenvalue weighted by Gasteiger charge is -2.34. The molecule has 2 fully saturated rings. The van der Waals surface area contributed by atoms with Crippen LogP contribution in [-0.4, -0.2) is 64.3 Å². The number of nitrogens with one attached hydrogen (secondary N) is 1. The second-order valence-electron chi connectivity index (χ2n) is 8.20. The summed E-state index contributed by atoms with van der Waals surface area (Å²) >= 11 is 0. The van der Waals surface area contributed by atoms with Crippen molar-refractivity contribution >= 4 is 35.6 Å². The van der Waals surface area contributed by atoms with Gasteiger partial charge in [0.1, 0.15) is 5.82 Å². The number of halogens is 1. The Morgan fingerprint density at radius 3 is 2.73 bits per heavy atom. The zero-order valence-electron chi connectivity index (χ0n) is 18.0. The van der Waals surface area contributed by atoms with Crippen molar-refractivity contribution in [3.8, 4) is 0 Å². The molecule has 4 rings (SSSR count). The number of aliphatic imine (C=N–C) groups is 1. The highest BCUT2D eigenvalue weighted by atomic mass is 127. The molecule has 0 aromatic carbocycles. The average Bonchev–Trinajstić information content (AvgIpc) is 3.42. The van der Waals surface area contributed by atoms with Crippen LogP contribution in [0.2, 0.25) is 0 Å². The molecule has 0 atom stereocenters.